The number of rotatable bonds is 2. The lowest BCUT2D eigenvalue weighted by atomic mass is 10.1. The summed E-state index contributed by atoms with van der Waals surface area (Å²) in [7, 11) is 0. The summed E-state index contributed by atoms with van der Waals surface area (Å²) in [5.41, 5.74) is 3.98. The van der Waals surface area contributed by atoms with E-state index in [-0.39, 0.29) is 11.4 Å². The van der Waals surface area contributed by atoms with E-state index in [1.807, 2.05) is 56.3 Å². The van der Waals surface area contributed by atoms with Crippen molar-refractivity contribution < 1.29 is 4.52 Å². The number of H-pyrrole nitrogens is 1. The molecule has 0 aliphatic rings. The van der Waals surface area contributed by atoms with Gasteiger partial charge in [0.1, 0.15) is 0 Å². The molecule has 0 bridgehead atoms. The quantitative estimate of drug-likeness (QED) is 0.609. The molecule has 4 rings (SSSR count). The summed E-state index contributed by atoms with van der Waals surface area (Å²) in [5.74, 6) is 0.699. The largest absolute Gasteiger partial charge is 0.334 e. The number of hydrogen-bond donors (Lipinski definition) is 1. The van der Waals surface area contributed by atoms with E-state index >= 15 is 0 Å². The molecule has 5 heteroatoms. The molecule has 0 fully saturated rings. The van der Waals surface area contributed by atoms with Gasteiger partial charge in [-0.05, 0) is 49.1 Å². The fraction of sp³-hybridized carbons (Fsp3) is 0.105. The van der Waals surface area contributed by atoms with Crippen LogP contribution in [0.3, 0.4) is 0 Å². The predicted octanol–water partition coefficient (Wildman–Crippen LogP) is 3.86. The number of aromatic nitrogens is 3. The molecule has 0 unspecified atom stereocenters. The maximum Gasteiger partial charge on any atom is 0.259 e. The smallest absolute Gasteiger partial charge is 0.259 e. The average Bonchev–Trinajstić information content (AvgIpc) is 3.04. The van der Waals surface area contributed by atoms with Crippen molar-refractivity contribution in [3.63, 3.8) is 0 Å². The minimum Gasteiger partial charge on any atom is -0.334 e. The first kappa shape index (κ1) is 14.4. The maximum absolute atomic E-state index is 12.4. The van der Waals surface area contributed by atoms with Crippen molar-refractivity contribution >= 4 is 10.9 Å². The van der Waals surface area contributed by atoms with Crippen LogP contribution in [0.5, 0.6) is 0 Å². The molecule has 4 aromatic rings. The molecule has 2 heterocycles. The lowest BCUT2D eigenvalue weighted by Gasteiger charge is -2.01. The molecule has 1 N–H and O–H groups in total. The third kappa shape index (κ3) is 2.40. The summed E-state index contributed by atoms with van der Waals surface area (Å²) in [5, 5.41) is 4.92. The average molecular weight is 317 g/mol. The van der Waals surface area contributed by atoms with Crippen molar-refractivity contribution in [1.82, 2.24) is 15.1 Å². The Morgan fingerprint density at radius 1 is 1.00 bits per heavy atom. The first-order valence-corrected chi connectivity index (χ1v) is 7.65. The van der Waals surface area contributed by atoms with Crippen molar-refractivity contribution in [1.29, 1.82) is 0 Å². The Bertz CT molecular complexity index is 1110. The highest BCUT2D eigenvalue weighted by Crippen LogP contribution is 2.24. The number of pyridine rings is 1. The third-order valence-corrected chi connectivity index (χ3v) is 4.04. The number of fused-ring (bicyclic) bond motifs is 1. The Labute approximate surface area is 138 Å². The van der Waals surface area contributed by atoms with E-state index in [4.69, 9.17) is 4.52 Å². The third-order valence-electron chi connectivity index (χ3n) is 4.04. The zero-order valence-corrected chi connectivity index (χ0v) is 13.3. The molecule has 2 aromatic carbocycles. The second-order valence-corrected chi connectivity index (χ2v) is 5.84. The number of aryl methyl sites for hydroxylation is 2. The van der Waals surface area contributed by atoms with Crippen molar-refractivity contribution in [2.75, 3.05) is 0 Å². The molecule has 0 saturated heterocycles. The van der Waals surface area contributed by atoms with Gasteiger partial charge in [-0.2, -0.15) is 4.98 Å². The summed E-state index contributed by atoms with van der Waals surface area (Å²) in [4.78, 5) is 19.6. The molecule has 5 nitrogen and oxygen atoms in total. The van der Waals surface area contributed by atoms with Gasteiger partial charge in [-0.1, -0.05) is 35.0 Å². The van der Waals surface area contributed by atoms with Crippen molar-refractivity contribution in [3.05, 3.63) is 70.0 Å². The Kier molecular flexibility index (Phi) is 3.27. The number of nitrogens with one attached hydrogen (secondary N) is 1. The van der Waals surface area contributed by atoms with Gasteiger partial charge in [-0.25, -0.2) is 0 Å². The van der Waals surface area contributed by atoms with Gasteiger partial charge >= 0.3 is 0 Å². The van der Waals surface area contributed by atoms with Gasteiger partial charge < -0.3 is 9.51 Å². The fourth-order valence-corrected chi connectivity index (χ4v) is 2.75. The van der Waals surface area contributed by atoms with Crippen LogP contribution in [0.1, 0.15) is 11.1 Å². The second kappa shape index (κ2) is 5.45. The van der Waals surface area contributed by atoms with E-state index in [0.717, 1.165) is 27.6 Å². The molecule has 0 aliphatic heterocycles. The second-order valence-electron chi connectivity index (χ2n) is 5.84. The summed E-state index contributed by atoms with van der Waals surface area (Å²) >= 11 is 0. The zero-order valence-electron chi connectivity index (χ0n) is 13.3. The van der Waals surface area contributed by atoms with Crippen LogP contribution >= 0.6 is 0 Å². The summed E-state index contributed by atoms with van der Waals surface area (Å²) in [6, 6.07) is 15.4. The van der Waals surface area contributed by atoms with Gasteiger partial charge in [-0.3, -0.25) is 4.79 Å². The van der Waals surface area contributed by atoms with Crippen LogP contribution in [0, 0.1) is 13.8 Å². The number of benzene rings is 2. The summed E-state index contributed by atoms with van der Waals surface area (Å²) in [6.45, 7) is 3.99. The van der Waals surface area contributed by atoms with Crippen LogP contribution in [-0.2, 0) is 0 Å². The van der Waals surface area contributed by atoms with Crippen LogP contribution < -0.4 is 5.56 Å². The number of nitrogens with zero attached hydrogens (tertiary/aromatic N) is 2. The van der Waals surface area contributed by atoms with Gasteiger partial charge in [0.05, 0.1) is 5.56 Å². The van der Waals surface area contributed by atoms with E-state index in [1.54, 1.807) is 6.07 Å². The molecule has 2 aromatic heterocycles. The van der Waals surface area contributed by atoms with E-state index in [1.165, 1.54) is 0 Å². The molecule has 0 atom stereocenters. The van der Waals surface area contributed by atoms with Crippen LogP contribution in [0.25, 0.3) is 33.7 Å². The van der Waals surface area contributed by atoms with E-state index < -0.39 is 0 Å². The molecule has 0 radical (unpaired) electrons. The Balaban J connectivity index is 1.85. The first-order valence-electron chi connectivity index (χ1n) is 7.65. The number of hydrogen-bond acceptors (Lipinski definition) is 4. The van der Waals surface area contributed by atoms with Crippen LogP contribution in [0.2, 0.25) is 0 Å². The summed E-state index contributed by atoms with van der Waals surface area (Å²) < 4.78 is 5.36. The SMILES string of the molecule is Cc1ccc2[nH]c(=O)c(-c3noc(-c4ccccc4C)n3)cc2c1. The Hall–Kier alpha value is -3.21. The molecular weight excluding hydrogens is 302 g/mol. The van der Waals surface area contributed by atoms with E-state index in [9.17, 15) is 4.79 Å². The highest BCUT2D eigenvalue weighted by Gasteiger charge is 2.15. The van der Waals surface area contributed by atoms with Crippen LogP contribution in [0.15, 0.2) is 57.8 Å². The topological polar surface area (TPSA) is 71.8 Å². The number of aromatic amines is 1. The van der Waals surface area contributed by atoms with E-state index in [2.05, 4.69) is 15.1 Å². The predicted molar refractivity (Wildman–Crippen MR) is 92.8 cm³/mol. The monoisotopic (exact) mass is 317 g/mol. The molecule has 0 amide bonds. The highest BCUT2D eigenvalue weighted by atomic mass is 16.5. The van der Waals surface area contributed by atoms with Gasteiger partial charge in [0.15, 0.2) is 0 Å². The van der Waals surface area contributed by atoms with Crippen LogP contribution in [0.4, 0.5) is 0 Å². The Morgan fingerprint density at radius 2 is 1.83 bits per heavy atom. The van der Waals surface area contributed by atoms with Crippen LogP contribution in [-0.4, -0.2) is 15.1 Å². The minimum atomic E-state index is -0.233. The normalized spacial score (nSPS) is 11.1. The molecule has 0 saturated carbocycles. The lowest BCUT2D eigenvalue weighted by Crippen LogP contribution is -2.09. The van der Waals surface area contributed by atoms with Gasteiger partial charge in [-0.15, -0.1) is 0 Å². The Morgan fingerprint density at radius 3 is 2.67 bits per heavy atom. The molecular formula is C19H15N3O2. The highest BCUT2D eigenvalue weighted by molar-refractivity contribution is 5.83. The molecule has 0 aliphatic carbocycles. The van der Waals surface area contributed by atoms with Crippen molar-refractivity contribution in [2.24, 2.45) is 0 Å². The van der Waals surface area contributed by atoms with Crippen molar-refractivity contribution in [2.45, 2.75) is 13.8 Å². The first-order chi connectivity index (χ1) is 11.6. The minimum absolute atomic E-state index is 0.233. The van der Waals surface area contributed by atoms with Gasteiger partial charge in [0.2, 0.25) is 5.82 Å². The molecule has 0 spiro atoms. The van der Waals surface area contributed by atoms with Gasteiger partial charge in [0, 0.05) is 11.1 Å². The van der Waals surface area contributed by atoms with Crippen molar-refractivity contribution in [3.8, 4) is 22.8 Å². The lowest BCUT2D eigenvalue weighted by molar-refractivity contribution is 0.432. The molecule has 24 heavy (non-hydrogen) atoms. The fourth-order valence-electron chi connectivity index (χ4n) is 2.75. The maximum atomic E-state index is 12.4. The zero-order chi connectivity index (χ0) is 16.7. The standard InChI is InChI=1S/C19H15N3O2/c1-11-7-8-16-13(9-11)10-15(18(23)20-16)17-21-19(24-22-17)14-6-4-3-5-12(14)2/h3-10H,1-2H3,(H,20,23). The summed E-state index contributed by atoms with van der Waals surface area (Å²) in [6.07, 6.45) is 0. The van der Waals surface area contributed by atoms with Gasteiger partial charge in [0.25, 0.3) is 11.4 Å². The molecule has 118 valence electrons. The van der Waals surface area contributed by atoms with E-state index in [0.29, 0.717) is 11.5 Å².